The second-order valence-corrected chi connectivity index (χ2v) is 5.36. The minimum atomic E-state index is -0.293. The predicted octanol–water partition coefficient (Wildman–Crippen LogP) is 2.59. The first-order valence-electron chi connectivity index (χ1n) is 5.69. The lowest BCUT2D eigenvalue weighted by molar-refractivity contribution is 0.0996. The lowest BCUT2D eigenvalue weighted by atomic mass is 10.2. The molecule has 0 amide bonds. The van der Waals surface area contributed by atoms with E-state index in [9.17, 15) is 9.18 Å². The fraction of sp³-hybridized carbons (Fsp3) is 0.154. The Labute approximate surface area is 112 Å². The zero-order valence-electron chi connectivity index (χ0n) is 10.1. The van der Waals surface area contributed by atoms with Crippen molar-refractivity contribution < 1.29 is 9.18 Å². The number of aryl methyl sites for hydroxylation is 1. The number of hydrogen-bond donors (Lipinski definition) is 0. The van der Waals surface area contributed by atoms with Gasteiger partial charge in [0.05, 0.1) is 17.0 Å². The SMILES string of the molecule is Cn1cc(CC(=O)c2cc3cc(F)ccc3s2)nn1. The number of Topliss-reactive ketones (excluding diaryl/α,β-unsaturated/α-hetero) is 1. The highest BCUT2D eigenvalue weighted by Gasteiger charge is 2.13. The van der Waals surface area contributed by atoms with Gasteiger partial charge in [-0.2, -0.15) is 0 Å². The molecule has 3 aromatic rings. The fourth-order valence-corrected chi connectivity index (χ4v) is 2.86. The topological polar surface area (TPSA) is 47.8 Å². The molecule has 0 aliphatic rings. The number of carbonyl (C=O) groups excluding carboxylic acids is 1. The summed E-state index contributed by atoms with van der Waals surface area (Å²) in [5.74, 6) is -0.319. The molecular weight excluding hydrogens is 265 g/mol. The van der Waals surface area contributed by atoms with Crippen molar-refractivity contribution in [3.8, 4) is 0 Å². The minimum Gasteiger partial charge on any atom is -0.293 e. The number of hydrogen-bond acceptors (Lipinski definition) is 4. The monoisotopic (exact) mass is 275 g/mol. The maximum absolute atomic E-state index is 13.1. The molecule has 96 valence electrons. The van der Waals surface area contributed by atoms with Crippen LogP contribution in [-0.2, 0) is 13.5 Å². The van der Waals surface area contributed by atoms with Crippen molar-refractivity contribution in [3.05, 3.63) is 46.9 Å². The summed E-state index contributed by atoms with van der Waals surface area (Å²) in [7, 11) is 1.75. The van der Waals surface area contributed by atoms with Gasteiger partial charge in [-0.1, -0.05) is 5.21 Å². The first kappa shape index (κ1) is 12.0. The molecular formula is C13H10FN3OS. The van der Waals surface area contributed by atoms with Crippen molar-refractivity contribution >= 4 is 27.2 Å². The molecule has 0 fully saturated rings. The van der Waals surface area contributed by atoms with Gasteiger partial charge in [0.2, 0.25) is 0 Å². The Morgan fingerprint density at radius 3 is 3.00 bits per heavy atom. The van der Waals surface area contributed by atoms with Crippen LogP contribution in [0, 0.1) is 5.82 Å². The Kier molecular flexibility index (Phi) is 2.87. The van der Waals surface area contributed by atoms with Gasteiger partial charge in [0.1, 0.15) is 5.82 Å². The van der Waals surface area contributed by atoms with Gasteiger partial charge >= 0.3 is 0 Å². The molecule has 0 radical (unpaired) electrons. The molecule has 0 spiro atoms. The number of carbonyl (C=O) groups is 1. The summed E-state index contributed by atoms with van der Waals surface area (Å²) in [6.07, 6.45) is 1.92. The van der Waals surface area contributed by atoms with E-state index in [1.165, 1.54) is 23.5 Å². The van der Waals surface area contributed by atoms with Gasteiger partial charge in [-0.25, -0.2) is 4.39 Å². The Bertz CT molecular complexity index is 762. The maximum atomic E-state index is 13.1. The van der Waals surface area contributed by atoms with Crippen LogP contribution in [0.4, 0.5) is 4.39 Å². The molecule has 0 atom stereocenters. The van der Waals surface area contributed by atoms with E-state index in [1.807, 2.05) is 0 Å². The number of benzene rings is 1. The van der Waals surface area contributed by atoms with Crippen LogP contribution in [0.5, 0.6) is 0 Å². The molecule has 2 heterocycles. The van der Waals surface area contributed by atoms with Gasteiger partial charge in [-0.05, 0) is 29.7 Å². The summed E-state index contributed by atoms with van der Waals surface area (Å²) >= 11 is 1.37. The van der Waals surface area contributed by atoms with Crippen LogP contribution in [0.2, 0.25) is 0 Å². The van der Waals surface area contributed by atoms with Crippen LogP contribution in [0.15, 0.2) is 30.5 Å². The van der Waals surface area contributed by atoms with Crippen molar-refractivity contribution in [2.75, 3.05) is 0 Å². The smallest absolute Gasteiger partial charge is 0.178 e. The highest BCUT2D eigenvalue weighted by Crippen LogP contribution is 2.27. The van der Waals surface area contributed by atoms with Crippen molar-refractivity contribution in [2.45, 2.75) is 6.42 Å². The van der Waals surface area contributed by atoms with Crippen LogP contribution < -0.4 is 0 Å². The Morgan fingerprint density at radius 1 is 1.42 bits per heavy atom. The van der Waals surface area contributed by atoms with Gasteiger partial charge in [-0.15, -0.1) is 16.4 Å². The zero-order chi connectivity index (χ0) is 13.4. The third kappa shape index (κ3) is 2.39. The number of halogens is 1. The number of thiophene rings is 1. The summed E-state index contributed by atoms with van der Waals surface area (Å²) < 4.78 is 15.6. The maximum Gasteiger partial charge on any atom is 0.178 e. The molecule has 0 bridgehead atoms. The van der Waals surface area contributed by atoms with E-state index < -0.39 is 0 Å². The predicted molar refractivity (Wildman–Crippen MR) is 70.8 cm³/mol. The van der Waals surface area contributed by atoms with E-state index in [0.29, 0.717) is 10.6 Å². The van der Waals surface area contributed by atoms with Gasteiger partial charge in [0.15, 0.2) is 5.78 Å². The molecule has 0 saturated carbocycles. The summed E-state index contributed by atoms with van der Waals surface area (Å²) in [4.78, 5) is 12.7. The lowest BCUT2D eigenvalue weighted by Gasteiger charge is -1.92. The molecule has 0 aliphatic carbocycles. The average molecular weight is 275 g/mol. The number of aromatic nitrogens is 3. The number of rotatable bonds is 3. The third-order valence-corrected chi connectivity index (χ3v) is 3.90. The van der Waals surface area contributed by atoms with Crippen molar-refractivity contribution in [1.29, 1.82) is 0 Å². The number of ketones is 1. The molecule has 6 heteroatoms. The second-order valence-electron chi connectivity index (χ2n) is 4.28. The van der Waals surface area contributed by atoms with Crippen LogP contribution in [0.1, 0.15) is 15.4 Å². The van der Waals surface area contributed by atoms with Crippen LogP contribution in [0.25, 0.3) is 10.1 Å². The van der Waals surface area contributed by atoms with E-state index in [4.69, 9.17) is 0 Å². The van der Waals surface area contributed by atoms with E-state index >= 15 is 0 Å². The molecule has 19 heavy (non-hydrogen) atoms. The standard InChI is InChI=1S/C13H10FN3OS/c1-17-7-10(15-16-17)6-11(18)13-5-8-4-9(14)2-3-12(8)19-13/h2-5,7H,6H2,1H3. The number of nitrogens with zero attached hydrogens (tertiary/aromatic N) is 3. The normalized spacial score (nSPS) is 11.1. The molecule has 2 aromatic heterocycles. The minimum absolute atomic E-state index is 0.0258. The van der Waals surface area contributed by atoms with E-state index in [1.54, 1.807) is 30.1 Å². The zero-order valence-corrected chi connectivity index (χ0v) is 10.9. The summed E-state index contributed by atoms with van der Waals surface area (Å²) in [5, 5.41) is 8.43. The Morgan fingerprint density at radius 2 is 2.26 bits per heavy atom. The highest BCUT2D eigenvalue weighted by molar-refractivity contribution is 7.20. The summed E-state index contributed by atoms with van der Waals surface area (Å²) in [5.41, 5.74) is 0.635. The molecule has 3 rings (SSSR count). The number of fused-ring (bicyclic) bond motifs is 1. The molecule has 0 saturated heterocycles. The molecule has 4 nitrogen and oxygen atoms in total. The lowest BCUT2D eigenvalue weighted by Crippen LogP contribution is -2.01. The second kappa shape index (κ2) is 4.55. The Hall–Kier alpha value is -2.08. The summed E-state index contributed by atoms with van der Waals surface area (Å²) in [6, 6.07) is 6.25. The quantitative estimate of drug-likeness (QED) is 0.690. The van der Waals surface area contributed by atoms with Crippen LogP contribution >= 0.6 is 11.3 Å². The van der Waals surface area contributed by atoms with Crippen LogP contribution in [0.3, 0.4) is 0 Å². The average Bonchev–Trinajstić information content (AvgIpc) is 2.95. The van der Waals surface area contributed by atoms with E-state index in [0.717, 1.165) is 10.1 Å². The van der Waals surface area contributed by atoms with Crippen LogP contribution in [-0.4, -0.2) is 20.8 Å². The van der Waals surface area contributed by atoms with Gasteiger partial charge in [0, 0.05) is 17.9 Å². The van der Waals surface area contributed by atoms with E-state index in [-0.39, 0.29) is 18.0 Å². The molecule has 0 N–H and O–H groups in total. The van der Waals surface area contributed by atoms with Gasteiger partial charge in [0.25, 0.3) is 0 Å². The Balaban J connectivity index is 1.89. The first-order valence-corrected chi connectivity index (χ1v) is 6.51. The van der Waals surface area contributed by atoms with Gasteiger partial charge < -0.3 is 0 Å². The fourth-order valence-electron chi connectivity index (χ4n) is 1.88. The highest BCUT2D eigenvalue weighted by atomic mass is 32.1. The molecule has 0 unspecified atom stereocenters. The first-order chi connectivity index (χ1) is 9.11. The molecule has 1 aromatic carbocycles. The molecule has 0 aliphatic heterocycles. The van der Waals surface area contributed by atoms with Gasteiger partial charge in [-0.3, -0.25) is 9.48 Å². The van der Waals surface area contributed by atoms with Crippen molar-refractivity contribution in [1.82, 2.24) is 15.0 Å². The van der Waals surface area contributed by atoms with Crippen molar-refractivity contribution in [2.24, 2.45) is 7.05 Å². The van der Waals surface area contributed by atoms with Crippen molar-refractivity contribution in [3.63, 3.8) is 0 Å². The van der Waals surface area contributed by atoms with E-state index in [2.05, 4.69) is 10.3 Å². The third-order valence-electron chi connectivity index (χ3n) is 2.74. The largest absolute Gasteiger partial charge is 0.293 e. The summed E-state index contributed by atoms with van der Waals surface area (Å²) in [6.45, 7) is 0.